The molecule has 8 nitrogen and oxygen atoms in total. The highest BCUT2D eigenvalue weighted by Gasteiger charge is 2.36. The monoisotopic (exact) mass is 420 g/mol. The number of amides is 4. The summed E-state index contributed by atoms with van der Waals surface area (Å²) in [6.07, 6.45) is 6.61. The fourth-order valence-electron chi connectivity index (χ4n) is 2.91. The number of terminal acetylenes is 1. The lowest BCUT2D eigenvalue weighted by molar-refractivity contribution is -0.122. The molecule has 1 aliphatic heterocycles. The van der Waals surface area contributed by atoms with E-state index in [1.54, 1.807) is 42.5 Å². The summed E-state index contributed by atoms with van der Waals surface area (Å²) < 4.78 is 16.1. The molecule has 1 heterocycles. The van der Waals surface area contributed by atoms with Gasteiger partial charge in [0.05, 0.1) is 19.4 Å². The van der Waals surface area contributed by atoms with E-state index in [0.29, 0.717) is 35.1 Å². The van der Waals surface area contributed by atoms with Crippen molar-refractivity contribution < 1.29 is 28.6 Å². The molecule has 3 rings (SSSR count). The average Bonchev–Trinajstić information content (AvgIpc) is 2.76. The molecule has 0 saturated carbocycles. The summed E-state index contributed by atoms with van der Waals surface area (Å²) >= 11 is 0. The number of methoxy groups -OCH3 is 1. The predicted molar refractivity (Wildman–Crippen MR) is 114 cm³/mol. The first-order valence-electron chi connectivity index (χ1n) is 9.37. The van der Waals surface area contributed by atoms with Crippen molar-refractivity contribution in [1.82, 2.24) is 5.32 Å². The largest absolute Gasteiger partial charge is 0.497 e. The molecular formula is C23H20N2O6. The molecule has 0 unspecified atom stereocenters. The number of anilines is 1. The van der Waals surface area contributed by atoms with Crippen LogP contribution in [0.3, 0.4) is 0 Å². The fourth-order valence-corrected chi connectivity index (χ4v) is 2.91. The van der Waals surface area contributed by atoms with Crippen molar-refractivity contribution in [2.45, 2.75) is 6.92 Å². The van der Waals surface area contributed by atoms with Crippen LogP contribution in [0, 0.1) is 12.3 Å². The Morgan fingerprint density at radius 1 is 1.06 bits per heavy atom. The number of nitrogens with zero attached hydrogens (tertiary/aromatic N) is 1. The first-order chi connectivity index (χ1) is 15.0. The Balaban J connectivity index is 1.95. The minimum atomic E-state index is -0.828. The molecule has 31 heavy (non-hydrogen) atoms. The van der Waals surface area contributed by atoms with E-state index in [2.05, 4.69) is 11.2 Å². The number of hydrogen-bond donors (Lipinski definition) is 1. The molecule has 2 aromatic rings. The maximum Gasteiger partial charge on any atom is 0.335 e. The number of rotatable bonds is 7. The smallest absolute Gasteiger partial charge is 0.335 e. The van der Waals surface area contributed by atoms with Gasteiger partial charge in [0, 0.05) is 0 Å². The zero-order valence-electron chi connectivity index (χ0n) is 17.0. The van der Waals surface area contributed by atoms with Crippen LogP contribution in [0.4, 0.5) is 10.5 Å². The summed E-state index contributed by atoms with van der Waals surface area (Å²) in [4.78, 5) is 38.6. The molecule has 0 bridgehead atoms. The van der Waals surface area contributed by atoms with Gasteiger partial charge < -0.3 is 14.2 Å². The van der Waals surface area contributed by atoms with Crippen LogP contribution >= 0.6 is 0 Å². The highest BCUT2D eigenvalue weighted by atomic mass is 16.5. The van der Waals surface area contributed by atoms with E-state index in [1.807, 2.05) is 6.92 Å². The number of urea groups is 1. The highest BCUT2D eigenvalue weighted by Crippen LogP contribution is 2.30. The van der Waals surface area contributed by atoms with Gasteiger partial charge in [-0.3, -0.25) is 14.9 Å². The molecule has 2 aromatic carbocycles. The second-order valence-electron chi connectivity index (χ2n) is 6.29. The minimum absolute atomic E-state index is 0.0698. The average molecular weight is 420 g/mol. The Bertz CT molecular complexity index is 1080. The number of carbonyl (C=O) groups is 3. The van der Waals surface area contributed by atoms with Gasteiger partial charge in [0.15, 0.2) is 11.5 Å². The molecule has 8 heteroatoms. The van der Waals surface area contributed by atoms with Gasteiger partial charge in [-0.25, -0.2) is 9.69 Å². The van der Waals surface area contributed by atoms with Crippen molar-refractivity contribution in [3.8, 4) is 29.6 Å². The first-order valence-corrected chi connectivity index (χ1v) is 9.37. The number of carbonyl (C=O) groups excluding carboxylic acids is 3. The van der Waals surface area contributed by atoms with Crippen LogP contribution in [0.25, 0.3) is 6.08 Å². The quantitative estimate of drug-likeness (QED) is 0.421. The van der Waals surface area contributed by atoms with E-state index in [4.69, 9.17) is 20.6 Å². The lowest BCUT2D eigenvalue weighted by atomic mass is 10.1. The third kappa shape index (κ3) is 4.67. The number of barbiturate groups is 1. The van der Waals surface area contributed by atoms with Crippen LogP contribution in [0.5, 0.6) is 17.2 Å². The Hall–Kier alpha value is -4.25. The van der Waals surface area contributed by atoms with Crippen molar-refractivity contribution in [1.29, 1.82) is 0 Å². The standard InChI is InChI=1S/C23H20N2O6/c1-4-12-31-19-11-6-15(14-20(19)30-5-2)13-18-21(26)24-23(28)25(22(18)27)16-7-9-17(29-3)10-8-16/h1,6-11,13-14H,5,12H2,2-3H3,(H,24,26,28). The summed E-state index contributed by atoms with van der Waals surface area (Å²) in [6.45, 7) is 2.26. The normalized spacial score (nSPS) is 14.8. The first kappa shape index (κ1) is 21.5. The SMILES string of the molecule is C#CCOc1ccc(C=C2C(=O)NC(=O)N(c3ccc(OC)cc3)C2=O)cc1OCC. The molecule has 0 spiro atoms. The summed E-state index contributed by atoms with van der Waals surface area (Å²) in [6, 6.07) is 10.4. The molecule has 0 atom stereocenters. The third-order valence-corrected chi connectivity index (χ3v) is 4.32. The summed E-state index contributed by atoms with van der Waals surface area (Å²) in [5, 5.41) is 2.19. The number of nitrogens with one attached hydrogen (secondary N) is 1. The van der Waals surface area contributed by atoms with Gasteiger partial charge in [0.25, 0.3) is 11.8 Å². The molecule has 4 amide bonds. The second kappa shape index (κ2) is 9.50. The molecule has 0 radical (unpaired) electrons. The topological polar surface area (TPSA) is 94.2 Å². The maximum absolute atomic E-state index is 13.0. The Kier molecular flexibility index (Phi) is 6.58. The van der Waals surface area contributed by atoms with E-state index >= 15 is 0 Å². The van der Waals surface area contributed by atoms with Crippen LogP contribution in [0.15, 0.2) is 48.0 Å². The van der Waals surface area contributed by atoms with E-state index in [9.17, 15) is 14.4 Å². The highest BCUT2D eigenvalue weighted by molar-refractivity contribution is 6.39. The van der Waals surface area contributed by atoms with Gasteiger partial charge in [0.1, 0.15) is 17.9 Å². The Labute approximate surface area is 179 Å². The second-order valence-corrected chi connectivity index (χ2v) is 6.29. The predicted octanol–water partition coefficient (Wildman–Crippen LogP) is 2.77. The van der Waals surface area contributed by atoms with Gasteiger partial charge >= 0.3 is 6.03 Å². The van der Waals surface area contributed by atoms with Crippen molar-refractivity contribution in [3.63, 3.8) is 0 Å². The van der Waals surface area contributed by atoms with Crippen LogP contribution in [0.1, 0.15) is 12.5 Å². The lowest BCUT2D eigenvalue weighted by Gasteiger charge is -2.26. The van der Waals surface area contributed by atoms with Crippen LogP contribution in [-0.4, -0.2) is 38.2 Å². The van der Waals surface area contributed by atoms with E-state index in [1.165, 1.54) is 13.2 Å². The Morgan fingerprint density at radius 3 is 2.45 bits per heavy atom. The van der Waals surface area contributed by atoms with Gasteiger partial charge in [-0.2, -0.15) is 0 Å². The Morgan fingerprint density at radius 2 is 1.81 bits per heavy atom. The number of benzene rings is 2. The molecule has 1 N–H and O–H groups in total. The zero-order valence-corrected chi connectivity index (χ0v) is 17.0. The van der Waals surface area contributed by atoms with Crippen molar-refractivity contribution in [3.05, 3.63) is 53.6 Å². The minimum Gasteiger partial charge on any atom is -0.497 e. The van der Waals surface area contributed by atoms with Crippen LogP contribution in [0.2, 0.25) is 0 Å². The van der Waals surface area contributed by atoms with E-state index in [-0.39, 0.29) is 12.2 Å². The van der Waals surface area contributed by atoms with Gasteiger partial charge in [-0.05, 0) is 55.0 Å². The third-order valence-electron chi connectivity index (χ3n) is 4.32. The van der Waals surface area contributed by atoms with Crippen molar-refractivity contribution >= 4 is 29.6 Å². The summed E-state index contributed by atoms with van der Waals surface area (Å²) in [5.41, 5.74) is 0.615. The number of hydrogen-bond acceptors (Lipinski definition) is 6. The summed E-state index contributed by atoms with van der Waals surface area (Å²) in [7, 11) is 1.51. The van der Waals surface area contributed by atoms with E-state index < -0.39 is 17.8 Å². The van der Waals surface area contributed by atoms with Crippen LogP contribution in [-0.2, 0) is 9.59 Å². The number of imide groups is 2. The molecular weight excluding hydrogens is 400 g/mol. The zero-order chi connectivity index (χ0) is 22.4. The van der Waals surface area contributed by atoms with Crippen LogP contribution < -0.4 is 24.4 Å². The molecule has 1 fully saturated rings. The molecule has 1 saturated heterocycles. The van der Waals surface area contributed by atoms with E-state index in [0.717, 1.165) is 4.90 Å². The van der Waals surface area contributed by atoms with Gasteiger partial charge in [-0.1, -0.05) is 12.0 Å². The number of ether oxygens (including phenoxy) is 3. The molecule has 0 aliphatic carbocycles. The van der Waals surface area contributed by atoms with Gasteiger partial charge in [-0.15, -0.1) is 6.42 Å². The molecule has 1 aliphatic rings. The van der Waals surface area contributed by atoms with Crippen molar-refractivity contribution in [2.75, 3.05) is 25.2 Å². The fraction of sp³-hybridized carbons (Fsp3) is 0.174. The molecule has 0 aromatic heterocycles. The summed E-state index contributed by atoms with van der Waals surface area (Å²) in [5.74, 6) is 2.27. The maximum atomic E-state index is 13.0. The van der Waals surface area contributed by atoms with Gasteiger partial charge in [0.2, 0.25) is 0 Å². The molecule has 158 valence electrons. The lowest BCUT2D eigenvalue weighted by Crippen LogP contribution is -2.54. The van der Waals surface area contributed by atoms with Crippen molar-refractivity contribution in [2.24, 2.45) is 0 Å².